The Morgan fingerprint density at radius 2 is 2.18 bits per heavy atom. The van der Waals surface area contributed by atoms with Crippen molar-refractivity contribution in [2.45, 2.75) is 45.4 Å². The van der Waals surface area contributed by atoms with E-state index in [1.165, 1.54) is 0 Å². The summed E-state index contributed by atoms with van der Waals surface area (Å²) in [5, 5.41) is 5.08. The number of aromatic nitrogens is 2. The highest BCUT2D eigenvalue weighted by Crippen LogP contribution is 2.22. The zero-order valence-corrected chi connectivity index (χ0v) is 12.3. The van der Waals surface area contributed by atoms with Gasteiger partial charge in [-0.1, -0.05) is 25.4 Å². The summed E-state index contributed by atoms with van der Waals surface area (Å²) < 4.78 is 1.70. The van der Waals surface area contributed by atoms with Gasteiger partial charge in [-0.2, -0.15) is 16.9 Å². The van der Waals surface area contributed by atoms with Crippen molar-refractivity contribution in [2.75, 3.05) is 5.75 Å². The second-order valence-corrected chi connectivity index (χ2v) is 6.17. The third kappa shape index (κ3) is 3.75. The number of hydrogen-bond donors (Lipinski definition) is 0. The Kier molecular flexibility index (Phi) is 5.53. The molecule has 0 aliphatic heterocycles. The van der Waals surface area contributed by atoms with Crippen molar-refractivity contribution in [3.05, 3.63) is 16.9 Å². The van der Waals surface area contributed by atoms with Crippen molar-refractivity contribution in [3.63, 3.8) is 0 Å². The molecule has 0 aliphatic carbocycles. The summed E-state index contributed by atoms with van der Waals surface area (Å²) in [7, 11) is 0. The molecule has 0 saturated carbocycles. The maximum absolute atomic E-state index is 12.1. The van der Waals surface area contributed by atoms with E-state index in [1.54, 1.807) is 22.6 Å². The molecular weight excluding hydrogens is 256 g/mol. The Morgan fingerprint density at radius 3 is 2.71 bits per heavy atom. The number of carbonyl (C=O) groups excluding carboxylic acids is 1. The average molecular weight is 275 g/mol. The molecule has 96 valence electrons. The summed E-state index contributed by atoms with van der Waals surface area (Å²) >= 11 is 7.68. The van der Waals surface area contributed by atoms with E-state index < -0.39 is 0 Å². The molecule has 1 unspecified atom stereocenters. The highest BCUT2D eigenvalue weighted by Gasteiger charge is 2.19. The first kappa shape index (κ1) is 14.6. The van der Waals surface area contributed by atoms with Crippen LogP contribution in [0.1, 0.15) is 50.6 Å². The lowest BCUT2D eigenvalue weighted by molar-refractivity contribution is 0.101. The predicted octanol–water partition coefficient (Wildman–Crippen LogP) is 3.83. The van der Waals surface area contributed by atoms with E-state index in [0.717, 1.165) is 6.42 Å². The van der Waals surface area contributed by atoms with Crippen molar-refractivity contribution in [3.8, 4) is 0 Å². The summed E-state index contributed by atoms with van der Waals surface area (Å²) in [6.07, 6.45) is 2.61. The summed E-state index contributed by atoms with van der Waals surface area (Å²) in [6, 6.07) is 0.148. The number of nitrogens with zero attached hydrogens (tertiary/aromatic N) is 2. The lowest BCUT2D eigenvalue weighted by Gasteiger charge is -2.11. The molecule has 0 bridgehead atoms. The molecule has 17 heavy (non-hydrogen) atoms. The lowest BCUT2D eigenvalue weighted by atomic mass is 10.3. The third-order valence-electron chi connectivity index (χ3n) is 2.58. The highest BCUT2D eigenvalue weighted by atomic mass is 35.5. The second kappa shape index (κ2) is 6.45. The van der Waals surface area contributed by atoms with Gasteiger partial charge >= 0.3 is 0 Å². The third-order valence-corrected chi connectivity index (χ3v) is 4.19. The molecular formula is C12H19ClN2OS. The molecule has 0 fully saturated rings. The molecule has 0 spiro atoms. The second-order valence-electron chi connectivity index (χ2n) is 4.33. The van der Waals surface area contributed by atoms with Crippen LogP contribution >= 0.6 is 23.4 Å². The minimum atomic E-state index is 0.0616. The van der Waals surface area contributed by atoms with Gasteiger partial charge in [0.15, 0.2) is 5.78 Å². The van der Waals surface area contributed by atoms with Crippen molar-refractivity contribution in [2.24, 2.45) is 0 Å². The van der Waals surface area contributed by atoms with E-state index in [1.807, 2.05) is 13.8 Å². The van der Waals surface area contributed by atoms with Crippen LogP contribution in [0.25, 0.3) is 0 Å². The van der Waals surface area contributed by atoms with Crippen LogP contribution in [0.3, 0.4) is 0 Å². The predicted molar refractivity (Wildman–Crippen MR) is 74.2 cm³/mol. The van der Waals surface area contributed by atoms with Crippen LogP contribution in [-0.4, -0.2) is 26.6 Å². The molecule has 1 rings (SSSR count). The fourth-order valence-corrected chi connectivity index (χ4v) is 2.44. The maximum Gasteiger partial charge on any atom is 0.192 e. The first-order valence-electron chi connectivity index (χ1n) is 5.85. The highest BCUT2D eigenvalue weighted by molar-refractivity contribution is 8.00. The molecule has 0 amide bonds. The SMILES string of the molecule is CCC(C)SCC(=O)c1c(Cl)cnn1C(C)C. The van der Waals surface area contributed by atoms with Gasteiger partial charge in [0.05, 0.1) is 17.0 Å². The Bertz CT molecular complexity index is 390. The van der Waals surface area contributed by atoms with E-state index in [9.17, 15) is 4.79 Å². The van der Waals surface area contributed by atoms with E-state index >= 15 is 0 Å². The molecule has 1 heterocycles. The lowest BCUT2D eigenvalue weighted by Crippen LogP contribution is -2.15. The molecule has 0 radical (unpaired) electrons. The average Bonchev–Trinajstić information content (AvgIpc) is 2.67. The first-order valence-corrected chi connectivity index (χ1v) is 7.27. The van der Waals surface area contributed by atoms with Gasteiger partial charge in [-0.25, -0.2) is 0 Å². The van der Waals surface area contributed by atoms with Gasteiger partial charge in [0.1, 0.15) is 5.69 Å². The zero-order valence-electron chi connectivity index (χ0n) is 10.7. The topological polar surface area (TPSA) is 34.9 Å². The van der Waals surface area contributed by atoms with E-state index in [2.05, 4.69) is 18.9 Å². The largest absolute Gasteiger partial charge is 0.291 e. The van der Waals surface area contributed by atoms with Crippen molar-refractivity contribution >= 4 is 29.1 Å². The molecule has 1 aromatic heterocycles. The van der Waals surface area contributed by atoms with Crippen molar-refractivity contribution in [1.82, 2.24) is 9.78 Å². The number of hydrogen-bond acceptors (Lipinski definition) is 3. The number of thioether (sulfide) groups is 1. The number of rotatable bonds is 6. The molecule has 1 atom stereocenters. The fraction of sp³-hybridized carbons (Fsp3) is 0.667. The Morgan fingerprint density at radius 1 is 1.53 bits per heavy atom. The minimum Gasteiger partial charge on any atom is -0.291 e. The number of halogens is 1. The van der Waals surface area contributed by atoms with Gasteiger partial charge in [-0.3, -0.25) is 9.48 Å². The molecule has 5 heteroatoms. The normalized spacial score (nSPS) is 13.1. The van der Waals surface area contributed by atoms with Crippen LogP contribution in [0.2, 0.25) is 5.02 Å². The molecule has 1 aromatic rings. The van der Waals surface area contributed by atoms with Gasteiger partial charge in [-0.15, -0.1) is 0 Å². The van der Waals surface area contributed by atoms with Gasteiger partial charge in [-0.05, 0) is 20.3 Å². The number of carbonyl (C=O) groups is 1. The van der Waals surface area contributed by atoms with Gasteiger partial charge in [0, 0.05) is 11.3 Å². The fourth-order valence-electron chi connectivity index (χ4n) is 1.40. The molecule has 0 aliphatic rings. The van der Waals surface area contributed by atoms with Crippen LogP contribution in [0.4, 0.5) is 0 Å². The van der Waals surface area contributed by atoms with Crippen LogP contribution in [0.15, 0.2) is 6.20 Å². The minimum absolute atomic E-state index is 0.0616. The molecule has 0 N–H and O–H groups in total. The van der Waals surface area contributed by atoms with E-state index in [-0.39, 0.29) is 11.8 Å². The van der Waals surface area contributed by atoms with Crippen molar-refractivity contribution in [1.29, 1.82) is 0 Å². The van der Waals surface area contributed by atoms with Crippen molar-refractivity contribution < 1.29 is 4.79 Å². The Hall–Kier alpha value is -0.480. The van der Waals surface area contributed by atoms with Crippen LogP contribution in [0, 0.1) is 0 Å². The number of Topliss-reactive ketones (excluding diaryl/α,β-unsaturated/α-hetero) is 1. The summed E-state index contributed by atoms with van der Waals surface area (Å²) in [5.41, 5.74) is 0.539. The quantitative estimate of drug-likeness (QED) is 0.740. The van der Waals surface area contributed by atoms with Gasteiger partial charge in [0.2, 0.25) is 0 Å². The van der Waals surface area contributed by atoms with Crippen LogP contribution in [0.5, 0.6) is 0 Å². The number of ketones is 1. The summed E-state index contributed by atoms with van der Waals surface area (Å²) in [5.74, 6) is 0.527. The first-order chi connectivity index (χ1) is 7.97. The molecule has 3 nitrogen and oxygen atoms in total. The van der Waals surface area contributed by atoms with E-state index in [4.69, 9.17) is 11.6 Å². The summed E-state index contributed by atoms with van der Waals surface area (Å²) in [4.78, 5) is 12.1. The standard InChI is InChI=1S/C12H19ClN2OS/c1-5-9(4)17-7-11(16)12-10(13)6-14-15(12)8(2)3/h6,8-9H,5,7H2,1-4H3. The van der Waals surface area contributed by atoms with E-state index in [0.29, 0.717) is 21.7 Å². The van der Waals surface area contributed by atoms with Crippen LogP contribution in [-0.2, 0) is 0 Å². The van der Waals surface area contributed by atoms with Crippen LogP contribution < -0.4 is 0 Å². The summed E-state index contributed by atoms with van der Waals surface area (Å²) in [6.45, 7) is 8.22. The Labute approximate surface area is 112 Å². The Balaban J connectivity index is 2.78. The smallest absolute Gasteiger partial charge is 0.192 e. The molecule has 0 aromatic carbocycles. The van der Waals surface area contributed by atoms with Gasteiger partial charge < -0.3 is 0 Å². The zero-order chi connectivity index (χ0) is 13.0. The monoisotopic (exact) mass is 274 g/mol. The molecule has 0 saturated heterocycles. The van der Waals surface area contributed by atoms with Gasteiger partial charge in [0.25, 0.3) is 0 Å². The maximum atomic E-state index is 12.1.